The summed E-state index contributed by atoms with van der Waals surface area (Å²) in [7, 11) is 0. The van der Waals surface area contributed by atoms with Gasteiger partial charge >= 0.3 is 5.97 Å². The lowest BCUT2D eigenvalue weighted by Crippen LogP contribution is -2.19. The van der Waals surface area contributed by atoms with Gasteiger partial charge in [-0.2, -0.15) is 5.10 Å². The summed E-state index contributed by atoms with van der Waals surface area (Å²) in [4.78, 5) is 10.6. The molecule has 140 valence electrons. The van der Waals surface area contributed by atoms with Crippen molar-refractivity contribution in [2.45, 2.75) is 50.7 Å². The molecule has 1 N–H and O–H groups in total. The third-order valence-corrected chi connectivity index (χ3v) is 6.25. The molecule has 2 aromatic rings. The minimum atomic E-state index is -0.919. The van der Waals surface area contributed by atoms with Gasteiger partial charge in [0, 0.05) is 23.1 Å². The smallest absolute Gasteiger partial charge is 0.329 e. The highest BCUT2D eigenvalue weighted by molar-refractivity contribution is 9.10. The quantitative estimate of drug-likeness (QED) is 0.711. The molecule has 2 atom stereocenters. The van der Waals surface area contributed by atoms with Gasteiger partial charge in [-0.1, -0.05) is 0 Å². The molecule has 7 heteroatoms. The van der Waals surface area contributed by atoms with Crippen molar-refractivity contribution >= 4 is 32.8 Å². The van der Waals surface area contributed by atoms with E-state index in [1.54, 1.807) is 0 Å². The third-order valence-electron chi connectivity index (χ3n) is 5.40. The zero-order valence-corrected chi connectivity index (χ0v) is 16.2. The van der Waals surface area contributed by atoms with Gasteiger partial charge in [0.25, 0.3) is 0 Å². The number of rotatable bonds is 6. The van der Waals surface area contributed by atoms with Crippen molar-refractivity contribution in [1.29, 1.82) is 0 Å². The predicted molar refractivity (Wildman–Crippen MR) is 100 cm³/mol. The average Bonchev–Trinajstić information content (AvgIpc) is 3.24. The number of carboxylic acids is 1. The molecule has 2 heterocycles. The van der Waals surface area contributed by atoms with Crippen LogP contribution >= 0.6 is 15.9 Å². The Bertz CT molecular complexity index is 813. The summed E-state index contributed by atoms with van der Waals surface area (Å²) in [5.74, 6) is -0.524. The van der Waals surface area contributed by atoms with Crippen LogP contribution in [0.5, 0.6) is 0 Å². The highest BCUT2D eigenvalue weighted by atomic mass is 79.9. The third kappa shape index (κ3) is 3.40. The summed E-state index contributed by atoms with van der Waals surface area (Å²) in [6.07, 6.45) is 8.21. The van der Waals surface area contributed by atoms with Gasteiger partial charge in [-0.05, 0) is 77.6 Å². The lowest BCUT2D eigenvalue weighted by atomic mass is 9.97. The molecule has 0 bridgehead atoms. The maximum Gasteiger partial charge on any atom is 0.329 e. The van der Waals surface area contributed by atoms with E-state index in [-0.39, 0.29) is 12.8 Å². The largest absolute Gasteiger partial charge is 0.480 e. The van der Waals surface area contributed by atoms with E-state index < -0.39 is 5.97 Å². The molecule has 0 spiro atoms. The Balaban J connectivity index is 1.58. The number of hydrogen-bond donors (Lipinski definition) is 1. The van der Waals surface area contributed by atoms with Crippen LogP contribution < -0.4 is 0 Å². The Hall–Kier alpha value is -1.44. The number of aromatic nitrogens is 2. The molecular weight excluding hydrogens is 400 g/mol. The van der Waals surface area contributed by atoms with E-state index in [9.17, 15) is 4.79 Å². The van der Waals surface area contributed by atoms with Gasteiger partial charge < -0.3 is 14.6 Å². The molecule has 1 aromatic heterocycles. The van der Waals surface area contributed by atoms with E-state index in [2.05, 4.69) is 27.1 Å². The normalized spacial score (nSPS) is 22.7. The van der Waals surface area contributed by atoms with Gasteiger partial charge in [-0.25, -0.2) is 9.48 Å². The first kappa shape index (κ1) is 17.9. The van der Waals surface area contributed by atoms with Crippen LogP contribution in [0.25, 0.3) is 10.9 Å². The van der Waals surface area contributed by atoms with Crippen molar-refractivity contribution in [3.05, 3.63) is 27.9 Å². The molecule has 1 fully saturated rings. The molecule has 2 unspecified atom stereocenters. The first-order valence-electron chi connectivity index (χ1n) is 9.24. The summed E-state index contributed by atoms with van der Waals surface area (Å²) >= 11 is 3.81. The second kappa shape index (κ2) is 7.66. The highest BCUT2D eigenvalue weighted by Crippen LogP contribution is 2.44. The van der Waals surface area contributed by atoms with Crippen LogP contribution in [-0.4, -0.2) is 40.7 Å². The summed E-state index contributed by atoms with van der Waals surface area (Å²) in [6.45, 7) is 1.04. The first-order valence-corrected chi connectivity index (χ1v) is 10.0. The summed E-state index contributed by atoms with van der Waals surface area (Å²) in [6, 6.07) is 2.26. The SMILES string of the molecule is O=C(O)COCCC1CCc2cc3c(cnn3C3CCCCO3)c(Br)c21. The maximum atomic E-state index is 10.6. The van der Waals surface area contributed by atoms with Crippen LogP contribution in [0.3, 0.4) is 0 Å². The van der Waals surface area contributed by atoms with E-state index in [1.165, 1.54) is 17.5 Å². The standard InChI is InChI=1S/C19H23BrN2O4/c20-19-14-10-21-22(16-3-1-2-7-26-16)15(14)9-13-5-4-12(18(13)19)6-8-25-11-17(23)24/h9-10,12,16H,1-8,11H2,(H,23,24). The highest BCUT2D eigenvalue weighted by Gasteiger charge is 2.28. The van der Waals surface area contributed by atoms with Gasteiger partial charge in [0.15, 0.2) is 6.23 Å². The van der Waals surface area contributed by atoms with Gasteiger partial charge in [0.1, 0.15) is 6.61 Å². The van der Waals surface area contributed by atoms with E-state index in [0.29, 0.717) is 12.5 Å². The Labute approximate surface area is 160 Å². The van der Waals surface area contributed by atoms with Crippen molar-refractivity contribution in [2.24, 2.45) is 0 Å². The Morgan fingerprint density at radius 2 is 2.31 bits per heavy atom. The van der Waals surface area contributed by atoms with Crippen molar-refractivity contribution in [3.63, 3.8) is 0 Å². The van der Waals surface area contributed by atoms with Crippen LogP contribution in [0.1, 0.15) is 55.4 Å². The van der Waals surface area contributed by atoms with Crippen LogP contribution in [0.15, 0.2) is 16.7 Å². The number of benzene rings is 1. The second-order valence-electron chi connectivity index (χ2n) is 7.08. The molecule has 1 saturated heterocycles. The fraction of sp³-hybridized carbons (Fsp3) is 0.579. The number of aryl methyl sites for hydroxylation is 1. The van der Waals surface area contributed by atoms with Crippen LogP contribution in [0.2, 0.25) is 0 Å². The van der Waals surface area contributed by atoms with Gasteiger partial charge in [-0.3, -0.25) is 0 Å². The van der Waals surface area contributed by atoms with Gasteiger partial charge in [0.05, 0.1) is 11.7 Å². The van der Waals surface area contributed by atoms with E-state index in [1.807, 2.05) is 10.9 Å². The summed E-state index contributed by atoms with van der Waals surface area (Å²) in [5.41, 5.74) is 3.82. The first-order chi connectivity index (χ1) is 12.6. The molecule has 6 nitrogen and oxygen atoms in total. The van der Waals surface area contributed by atoms with Crippen molar-refractivity contribution in [2.75, 3.05) is 19.8 Å². The fourth-order valence-electron chi connectivity index (χ4n) is 4.16. The zero-order chi connectivity index (χ0) is 18.1. The molecular formula is C19H23BrN2O4. The molecule has 1 aliphatic carbocycles. The van der Waals surface area contributed by atoms with E-state index in [4.69, 9.17) is 14.6 Å². The van der Waals surface area contributed by atoms with Crippen molar-refractivity contribution < 1.29 is 19.4 Å². The Kier molecular flexibility index (Phi) is 5.29. The second-order valence-corrected chi connectivity index (χ2v) is 7.87. The number of nitrogens with zero attached hydrogens (tertiary/aromatic N) is 2. The monoisotopic (exact) mass is 422 g/mol. The minimum Gasteiger partial charge on any atom is -0.480 e. The average molecular weight is 423 g/mol. The number of halogens is 1. The van der Waals surface area contributed by atoms with E-state index in [0.717, 1.165) is 54.1 Å². The number of hydrogen-bond acceptors (Lipinski definition) is 4. The predicted octanol–water partition coefficient (Wildman–Crippen LogP) is 4.02. The van der Waals surface area contributed by atoms with Crippen molar-refractivity contribution in [3.8, 4) is 0 Å². The number of aliphatic carboxylic acids is 1. The Morgan fingerprint density at radius 1 is 1.42 bits per heavy atom. The molecule has 0 amide bonds. The molecule has 0 radical (unpaired) electrons. The maximum absolute atomic E-state index is 10.6. The Morgan fingerprint density at radius 3 is 3.08 bits per heavy atom. The lowest BCUT2D eigenvalue weighted by Gasteiger charge is -2.23. The minimum absolute atomic E-state index is 0.0350. The number of carbonyl (C=O) groups is 1. The van der Waals surface area contributed by atoms with Crippen LogP contribution in [-0.2, 0) is 20.7 Å². The fourth-order valence-corrected chi connectivity index (χ4v) is 5.04. The number of ether oxygens (including phenoxy) is 2. The van der Waals surface area contributed by atoms with E-state index >= 15 is 0 Å². The topological polar surface area (TPSA) is 73.6 Å². The number of carboxylic acid groups (broad SMARTS) is 1. The van der Waals surface area contributed by atoms with Crippen LogP contribution in [0.4, 0.5) is 0 Å². The summed E-state index contributed by atoms with van der Waals surface area (Å²) in [5, 5.41) is 14.4. The lowest BCUT2D eigenvalue weighted by molar-refractivity contribution is -0.142. The molecule has 2 aliphatic rings. The molecule has 26 heavy (non-hydrogen) atoms. The zero-order valence-electron chi connectivity index (χ0n) is 14.6. The number of fused-ring (bicyclic) bond motifs is 2. The molecule has 1 aromatic carbocycles. The van der Waals surface area contributed by atoms with Gasteiger partial charge in [0.2, 0.25) is 0 Å². The van der Waals surface area contributed by atoms with Crippen molar-refractivity contribution in [1.82, 2.24) is 9.78 Å². The van der Waals surface area contributed by atoms with Crippen LogP contribution in [0, 0.1) is 0 Å². The molecule has 1 aliphatic heterocycles. The molecule has 4 rings (SSSR count). The molecule has 0 saturated carbocycles. The summed E-state index contributed by atoms with van der Waals surface area (Å²) < 4.78 is 14.3. The van der Waals surface area contributed by atoms with Gasteiger partial charge in [-0.15, -0.1) is 0 Å².